The van der Waals surface area contributed by atoms with Gasteiger partial charge in [-0.05, 0) is 29.8 Å². The molecule has 1 aromatic carbocycles. The Hall–Kier alpha value is -4.41. The number of anilines is 1. The van der Waals surface area contributed by atoms with E-state index >= 15 is 0 Å². The third kappa shape index (κ3) is 3.34. The maximum atomic E-state index is 13.1. The minimum absolute atomic E-state index is 0.120. The quantitative estimate of drug-likeness (QED) is 0.501. The molecule has 0 aliphatic carbocycles. The number of fused-ring (bicyclic) bond motifs is 2. The van der Waals surface area contributed by atoms with Gasteiger partial charge in [-0.15, -0.1) is 0 Å². The van der Waals surface area contributed by atoms with E-state index in [0.717, 1.165) is 5.56 Å². The van der Waals surface area contributed by atoms with Crippen LogP contribution in [0.1, 0.15) is 28.6 Å². The molecule has 1 fully saturated rings. The SMILES string of the molecule is COc1ccc2c(c1)C(=O)N(C[C@@]1(c3cc4cc(NC(C)=O)cnc4o3)NC(=O)NC1=O)C2. The van der Waals surface area contributed by atoms with Gasteiger partial charge in [0.1, 0.15) is 11.5 Å². The van der Waals surface area contributed by atoms with E-state index in [1.54, 1.807) is 30.3 Å². The van der Waals surface area contributed by atoms with Crippen LogP contribution in [0.5, 0.6) is 5.75 Å². The third-order valence-electron chi connectivity index (χ3n) is 5.68. The van der Waals surface area contributed by atoms with Gasteiger partial charge in [-0.3, -0.25) is 19.7 Å². The summed E-state index contributed by atoms with van der Waals surface area (Å²) in [5, 5.41) is 8.01. The van der Waals surface area contributed by atoms with Crippen molar-refractivity contribution in [1.29, 1.82) is 0 Å². The molecule has 2 aliphatic heterocycles. The number of ether oxygens (including phenoxy) is 1. The van der Waals surface area contributed by atoms with Crippen molar-refractivity contribution in [2.24, 2.45) is 0 Å². The molecule has 0 saturated carbocycles. The fraction of sp³-hybridized carbons (Fsp3) is 0.227. The molecule has 0 bridgehead atoms. The van der Waals surface area contributed by atoms with Crippen molar-refractivity contribution in [3.63, 3.8) is 0 Å². The number of amides is 5. The molecule has 2 aliphatic rings. The number of hydrogen-bond donors (Lipinski definition) is 3. The summed E-state index contributed by atoms with van der Waals surface area (Å²) in [6, 6.07) is 7.70. The lowest BCUT2D eigenvalue weighted by molar-refractivity contribution is -0.125. The average Bonchev–Trinajstić information content (AvgIpc) is 3.41. The molecule has 5 amide bonds. The Morgan fingerprint density at radius 1 is 1.27 bits per heavy atom. The Kier molecular flexibility index (Phi) is 4.55. The molecule has 0 unspecified atom stereocenters. The Balaban J connectivity index is 1.52. The molecule has 11 heteroatoms. The summed E-state index contributed by atoms with van der Waals surface area (Å²) in [7, 11) is 1.51. The highest BCUT2D eigenvalue weighted by Crippen LogP contribution is 2.35. The molecule has 168 valence electrons. The largest absolute Gasteiger partial charge is 0.497 e. The van der Waals surface area contributed by atoms with E-state index in [2.05, 4.69) is 20.9 Å². The molecule has 3 N–H and O–H groups in total. The number of imide groups is 1. The lowest BCUT2D eigenvalue weighted by Gasteiger charge is -2.28. The number of hydrogen-bond acceptors (Lipinski definition) is 7. The van der Waals surface area contributed by atoms with Crippen LogP contribution in [0.2, 0.25) is 0 Å². The van der Waals surface area contributed by atoms with Gasteiger partial charge in [0, 0.05) is 24.4 Å². The minimum Gasteiger partial charge on any atom is -0.497 e. The maximum Gasteiger partial charge on any atom is 0.322 e. The van der Waals surface area contributed by atoms with E-state index in [1.807, 2.05) is 0 Å². The van der Waals surface area contributed by atoms with Crippen molar-refractivity contribution in [2.45, 2.75) is 19.0 Å². The smallest absolute Gasteiger partial charge is 0.322 e. The normalized spacial score (nSPS) is 19.5. The van der Waals surface area contributed by atoms with E-state index in [1.165, 1.54) is 25.1 Å². The molecular formula is C22H19N5O6. The van der Waals surface area contributed by atoms with Gasteiger partial charge in [0.2, 0.25) is 11.6 Å². The number of carbonyl (C=O) groups is 4. The van der Waals surface area contributed by atoms with Gasteiger partial charge in [-0.1, -0.05) is 6.07 Å². The summed E-state index contributed by atoms with van der Waals surface area (Å²) >= 11 is 0. The van der Waals surface area contributed by atoms with Gasteiger partial charge >= 0.3 is 6.03 Å². The van der Waals surface area contributed by atoms with Crippen LogP contribution < -0.4 is 20.7 Å². The summed E-state index contributed by atoms with van der Waals surface area (Å²) in [4.78, 5) is 55.2. The first-order chi connectivity index (χ1) is 15.8. The number of nitrogens with zero attached hydrogens (tertiary/aromatic N) is 2. The second-order valence-electron chi connectivity index (χ2n) is 7.91. The van der Waals surface area contributed by atoms with Crippen LogP contribution in [0.4, 0.5) is 10.5 Å². The molecule has 5 rings (SSSR count). The second-order valence-corrected chi connectivity index (χ2v) is 7.91. The highest BCUT2D eigenvalue weighted by Gasteiger charge is 2.53. The Bertz CT molecular complexity index is 1350. The molecule has 0 spiro atoms. The predicted octanol–water partition coefficient (Wildman–Crippen LogP) is 1.49. The minimum atomic E-state index is -1.65. The van der Waals surface area contributed by atoms with Gasteiger partial charge in [-0.2, -0.15) is 0 Å². The van der Waals surface area contributed by atoms with E-state index in [-0.39, 0.29) is 36.4 Å². The fourth-order valence-electron chi connectivity index (χ4n) is 4.15. The summed E-state index contributed by atoms with van der Waals surface area (Å²) in [5.41, 5.74) is 0.282. The molecule has 2 aromatic heterocycles. The van der Waals surface area contributed by atoms with E-state index in [4.69, 9.17) is 9.15 Å². The van der Waals surface area contributed by atoms with Gasteiger partial charge in [0.05, 0.1) is 25.5 Å². The van der Waals surface area contributed by atoms with Crippen LogP contribution in [0.3, 0.4) is 0 Å². The highest BCUT2D eigenvalue weighted by molar-refractivity contribution is 6.08. The average molecular weight is 449 g/mol. The van der Waals surface area contributed by atoms with Crippen LogP contribution in [0.25, 0.3) is 11.1 Å². The topological polar surface area (TPSA) is 143 Å². The molecule has 1 atom stereocenters. The third-order valence-corrected chi connectivity index (χ3v) is 5.68. The molecule has 3 aromatic rings. The zero-order chi connectivity index (χ0) is 23.3. The van der Waals surface area contributed by atoms with Gasteiger partial charge < -0.3 is 24.7 Å². The zero-order valence-electron chi connectivity index (χ0n) is 17.7. The first-order valence-corrected chi connectivity index (χ1v) is 10.1. The number of rotatable bonds is 5. The van der Waals surface area contributed by atoms with Crippen LogP contribution in [0, 0.1) is 0 Å². The lowest BCUT2D eigenvalue weighted by atomic mass is 9.95. The van der Waals surface area contributed by atoms with Crippen molar-refractivity contribution in [3.05, 3.63) is 53.4 Å². The fourth-order valence-corrected chi connectivity index (χ4v) is 4.15. The number of methoxy groups -OCH3 is 1. The number of aromatic nitrogens is 1. The van der Waals surface area contributed by atoms with E-state index in [9.17, 15) is 19.2 Å². The van der Waals surface area contributed by atoms with Crippen molar-refractivity contribution >= 4 is 40.5 Å². The molecule has 11 nitrogen and oxygen atoms in total. The molecule has 1 saturated heterocycles. The van der Waals surface area contributed by atoms with E-state index < -0.39 is 17.5 Å². The molecule has 0 radical (unpaired) electrons. The standard InChI is InChI=1S/C22H19N5O6/c1-11(28)24-14-5-13-6-17(33-18(13)23-8-14)22(20(30)25-21(31)26-22)10-27-9-12-3-4-15(32-2)7-16(12)19(27)29/h3-8H,9-10H2,1-2H3,(H,24,28)(H2,25,26,30,31)/t22-/m0/s1. The van der Waals surface area contributed by atoms with Crippen LogP contribution in [-0.2, 0) is 21.7 Å². The molecular weight excluding hydrogens is 430 g/mol. The number of furan rings is 1. The Morgan fingerprint density at radius 2 is 2.09 bits per heavy atom. The van der Waals surface area contributed by atoms with Gasteiger partial charge in [-0.25, -0.2) is 9.78 Å². The summed E-state index contributed by atoms with van der Waals surface area (Å²) in [5.74, 6) is -0.532. The van der Waals surface area contributed by atoms with Crippen LogP contribution >= 0.6 is 0 Å². The number of pyridine rings is 1. The number of nitrogens with one attached hydrogen (secondary N) is 3. The number of benzene rings is 1. The predicted molar refractivity (Wildman–Crippen MR) is 114 cm³/mol. The number of carbonyl (C=O) groups excluding carboxylic acids is 4. The monoisotopic (exact) mass is 449 g/mol. The van der Waals surface area contributed by atoms with Gasteiger partial charge in [0.25, 0.3) is 11.8 Å². The van der Waals surface area contributed by atoms with Crippen LogP contribution in [-0.4, -0.2) is 47.3 Å². The maximum absolute atomic E-state index is 13.1. The summed E-state index contributed by atoms with van der Waals surface area (Å²) in [6.45, 7) is 1.48. The van der Waals surface area contributed by atoms with Crippen molar-refractivity contribution in [2.75, 3.05) is 19.0 Å². The molecule has 33 heavy (non-hydrogen) atoms. The Morgan fingerprint density at radius 3 is 2.79 bits per heavy atom. The second kappa shape index (κ2) is 7.33. The number of urea groups is 1. The Labute approximate surface area is 187 Å². The van der Waals surface area contributed by atoms with Crippen molar-refractivity contribution in [1.82, 2.24) is 20.5 Å². The summed E-state index contributed by atoms with van der Waals surface area (Å²) in [6.07, 6.45) is 1.42. The first-order valence-electron chi connectivity index (χ1n) is 10.1. The van der Waals surface area contributed by atoms with Gasteiger partial charge in [0.15, 0.2) is 5.54 Å². The van der Waals surface area contributed by atoms with E-state index in [0.29, 0.717) is 22.4 Å². The molecule has 4 heterocycles. The summed E-state index contributed by atoms with van der Waals surface area (Å²) < 4.78 is 11.0. The lowest BCUT2D eigenvalue weighted by Crippen LogP contribution is -2.52. The first kappa shape index (κ1) is 20.5. The van der Waals surface area contributed by atoms with Crippen molar-refractivity contribution in [3.8, 4) is 5.75 Å². The highest BCUT2D eigenvalue weighted by atomic mass is 16.5. The van der Waals surface area contributed by atoms with Crippen LogP contribution in [0.15, 0.2) is 40.9 Å². The van der Waals surface area contributed by atoms with Crippen molar-refractivity contribution < 1.29 is 28.3 Å². The zero-order valence-corrected chi connectivity index (χ0v) is 17.7.